The number of Topliss-reactive ketones (excluding diaryl/α,β-unsaturated/α-hetero) is 1. The highest BCUT2D eigenvalue weighted by atomic mass is 35.5. The number of halogens is 1. The van der Waals surface area contributed by atoms with Gasteiger partial charge < -0.3 is 0 Å². The van der Waals surface area contributed by atoms with Gasteiger partial charge in [-0.15, -0.1) is 0 Å². The summed E-state index contributed by atoms with van der Waals surface area (Å²) in [5.41, 5.74) is 3.18. The predicted molar refractivity (Wildman–Crippen MR) is 95.5 cm³/mol. The van der Waals surface area contributed by atoms with Crippen molar-refractivity contribution in [1.29, 1.82) is 0 Å². The molecule has 0 saturated carbocycles. The van der Waals surface area contributed by atoms with Crippen molar-refractivity contribution in [3.8, 4) is 0 Å². The molecular formula is C21H15ClO. The summed E-state index contributed by atoms with van der Waals surface area (Å²) >= 11 is 6.53. The van der Waals surface area contributed by atoms with Crippen LogP contribution in [0.5, 0.6) is 0 Å². The van der Waals surface area contributed by atoms with Crippen LogP contribution in [0.25, 0.3) is 5.57 Å². The largest absolute Gasteiger partial charge is 0.288 e. The first-order chi connectivity index (χ1) is 11.3. The van der Waals surface area contributed by atoms with Crippen molar-refractivity contribution in [1.82, 2.24) is 0 Å². The normalized spacial score (nSPS) is 10.1. The van der Waals surface area contributed by atoms with Crippen LogP contribution < -0.4 is 0 Å². The quantitative estimate of drug-likeness (QED) is 0.454. The monoisotopic (exact) mass is 318 g/mol. The van der Waals surface area contributed by atoms with Gasteiger partial charge in [-0.1, -0.05) is 103 Å². The van der Waals surface area contributed by atoms with Gasteiger partial charge in [-0.25, -0.2) is 0 Å². The van der Waals surface area contributed by atoms with Crippen molar-refractivity contribution >= 4 is 23.0 Å². The molecule has 112 valence electrons. The van der Waals surface area contributed by atoms with Gasteiger partial charge in [0.1, 0.15) is 0 Å². The molecule has 0 unspecified atom stereocenters. The Labute approximate surface area is 140 Å². The lowest BCUT2D eigenvalue weighted by molar-refractivity contribution is 0.104. The number of benzene rings is 3. The van der Waals surface area contributed by atoms with E-state index in [2.05, 4.69) is 0 Å². The Bertz CT molecular complexity index is 780. The summed E-state index contributed by atoms with van der Waals surface area (Å²) in [5, 5.41) is 0.230. The van der Waals surface area contributed by atoms with Crippen molar-refractivity contribution in [3.63, 3.8) is 0 Å². The number of hydrogen-bond acceptors (Lipinski definition) is 1. The van der Waals surface area contributed by atoms with E-state index in [1.54, 1.807) is 12.1 Å². The molecule has 3 rings (SSSR count). The molecule has 0 bridgehead atoms. The highest BCUT2D eigenvalue weighted by molar-refractivity contribution is 6.48. The third-order valence-electron chi connectivity index (χ3n) is 3.58. The van der Waals surface area contributed by atoms with E-state index in [4.69, 9.17) is 11.6 Å². The Hall–Kier alpha value is -2.64. The second-order valence-electron chi connectivity index (χ2n) is 5.12. The fraction of sp³-hybridized carbons (Fsp3) is 0. The molecule has 0 amide bonds. The number of carbonyl (C=O) groups excluding carboxylic acids is 1. The first-order valence-electron chi connectivity index (χ1n) is 7.38. The van der Waals surface area contributed by atoms with Crippen molar-refractivity contribution in [3.05, 3.63) is 113 Å². The van der Waals surface area contributed by atoms with E-state index in [1.165, 1.54) is 0 Å². The zero-order chi connectivity index (χ0) is 16.1. The van der Waals surface area contributed by atoms with Gasteiger partial charge in [-0.05, 0) is 11.1 Å². The Morgan fingerprint density at radius 2 is 0.913 bits per heavy atom. The van der Waals surface area contributed by atoms with Crippen molar-refractivity contribution in [2.24, 2.45) is 0 Å². The molecule has 0 N–H and O–H groups in total. The maximum absolute atomic E-state index is 12.7. The van der Waals surface area contributed by atoms with Crippen LogP contribution in [0.1, 0.15) is 21.5 Å². The molecule has 0 heterocycles. The summed E-state index contributed by atoms with van der Waals surface area (Å²) in [5.74, 6) is -0.171. The standard InChI is InChI=1S/C21H15ClO/c22-20(21(23)18-14-8-3-9-15-18)19(16-10-4-1-5-11-16)17-12-6-2-7-13-17/h1-15H. The second kappa shape index (κ2) is 7.08. The molecule has 0 atom stereocenters. The third-order valence-corrected chi connectivity index (χ3v) is 3.94. The van der Waals surface area contributed by atoms with Crippen LogP contribution in [0, 0.1) is 0 Å². The van der Waals surface area contributed by atoms with Gasteiger partial charge in [0.25, 0.3) is 0 Å². The van der Waals surface area contributed by atoms with Crippen LogP contribution in [0.15, 0.2) is 96.0 Å². The molecule has 3 aromatic carbocycles. The van der Waals surface area contributed by atoms with Crippen LogP contribution in [0.3, 0.4) is 0 Å². The number of hydrogen-bond donors (Lipinski definition) is 0. The summed E-state index contributed by atoms with van der Waals surface area (Å²) in [6.45, 7) is 0. The summed E-state index contributed by atoms with van der Waals surface area (Å²) in [6.07, 6.45) is 0. The van der Waals surface area contributed by atoms with Crippen molar-refractivity contribution in [2.45, 2.75) is 0 Å². The predicted octanol–water partition coefficient (Wildman–Crippen LogP) is 5.57. The van der Waals surface area contributed by atoms with Gasteiger partial charge in [-0.2, -0.15) is 0 Å². The minimum absolute atomic E-state index is 0.171. The summed E-state index contributed by atoms with van der Waals surface area (Å²) < 4.78 is 0. The van der Waals surface area contributed by atoms with Gasteiger partial charge in [0, 0.05) is 11.1 Å². The topological polar surface area (TPSA) is 17.1 Å². The van der Waals surface area contributed by atoms with Crippen LogP contribution >= 0.6 is 11.6 Å². The van der Waals surface area contributed by atoms with E-state index in [-0.39, 0.29) is 10.8 Å². The molecule has 23 heavy (non-hydrogen) atoms. The number of carbonyl (C=O) groups is 1. The Balaban J connectivity index is 2.16. The molecule has 0 fully saturated rings. The average molecular weight is 319 g/mol. The maximum Gasteiger partial charge on any atom is 0.205 e. The molecule has 0 radical (unpaired) electrons. The maximum atomic E-state index is 12.7. The lowest BCUT2D eigenvalue weighted by Gasteiger charge is -2.11. The third kappa shape index (κ3) is 3.41. The van der Waals surface area contributed by atoms with Gasteiger partial charge in [0.05, 0.1) is 5.03 Å². The smallest absolute Gasteiger partial charge is 0.205 e. The molecular weight excluding hydrogens is 304 g/mol. The summed E-state index contributed by atoms with van der Waals surface area (Å²) in [4.78, 5) is 12.7. The SMILES string of the molecule is O=C(C(Cl)=C(c1ccccc1)c1ccccc1)c1ccccc1. The fourth-order valence-corrected chi connectivity index (χ4v) is 2.79. The zero-order valence-electron chi connectivity index (χ0n) is 12.4. The van der Waals surface area contributed by atoms with Crippen molar-refractivity contribution in [2.75, 3.05) is 0 Å². The summed E-state index contributed by atoms with van der Waals surface area (Å²) in [7, 11) is 0. The van der Waals surface area contributed by atoms with E-state index in [9.17, 15) is 4.79 Å². The van der Waals surface area contributed by atoms with E-state index in [0.717, 1.165) is 16.7 Å². The van der Waals surface area contributed by atoms with E-state index in [1.807, 2.05) is 78.9 Å². The van der Waals surface area contributed by atoms with E-state index < -0.39 is 0 Å². The van der Waals surface area contributed by atoms with Crippen molar-refractivity contribution < 1.29 is 4.79 Å². The zero-order valence-corrected chi connectivity index (χ0v) is 13.2. The Morgan fingerprint density at radius 3 is 1.30 bits per heavy atom. The molecule has 0 aliphatic heterocycles. The molecule has 1 nitrogen and oxygen atoms in total. The van der Waals surface area contributed by atoms with Gasteiger partial charge in [0.2, 0.25) is 5.78 Å². The number of rotatable bonds is 4. The average Bonchev–Trinajstić information content (AvgIpc) is 2.64. The first-order valence-corrected chi connectivity index (χ1v) is 7.75. The highest BCUT2D eigenvalue weighted by Crippen LogP contribution is 2.30. The lowest BCUT2D eigenvalue weighted by atomic mass is 9.95. The van der Waals surface area contributed by atoms with Gasteiger partial charge in [0.15, 0.2) is 0 Å². The minimum atomic E-state index is -0.171. The van der Waals surface area contributed by atoms with E-state index >= 15 is 0 Å². The highest BCUT2D eigenvalue weighted by Gasteiger charge is 2.17. The fourth-order valence-electron chi connectivity index (χ4n) is 2.46. The molecule has 2 heteroatoms. The minimum Gasteiger partial charge on any atom is -0.288 e. The first kappa shape index (κ1) is 15.3. The molecule has 0 aromatic heterocycles. The lowest BCUT2D eigenvalue weighted by Crippen LogP contribution is -2.03. The van der Waals surface area contributed by atoms with Gasteiger partial charge in [-0.3, -0.25) is 4.79 Å². The Morgan fingerprint density at radius 1 is 0.565 bits per heavy atom. The molecule has 0 saturated heterocycles. The van der Waals surface area contributed by atoms with E-state index in [0.29, 0.717) is 5.56 Å². The molecule has 3 aromatic rings. The molecule has 0 aliphatic rings. The van der Waals surface area contributed by atoms with Crippen LogP contribution in [-0.2, 0) is 0 Å². The van der Waals surface area contributed by atoms with Crippen LogP contribution in [0.4, 0.5) is 0 Å². The summed E-state index contributed by atoms with van der Waals surface area (Å²) in [6, 6.07) is 28.6. The molecule has 0 spiro atoms. The van der Waals surface area contributed by atoms with Crippen LogP contribution in [0.2, 0.25) is 0 Å². The Kier molecular flexibility index (Phi) is 4.70. The van der Waals surface area contributed by atoms with Gasteiger partial charge >= 0.3 is 0 Å². The van der Waals surface area contributed by atoms with Crippen LogP contribution in [-0.4, -0.2) is 5.78 Å². The second-order valence-corrected chi connectivity index (χ2v) is 5.49. The number of allylic oxidation sites excluding steroid dienone is 1. The number of ketones is 1. The molecule has 0 aliphatic carbocycles.